The van der Waals surface area contributed by atoms with E-state index in [1.165, 1.54) is 18.4 Å². The highest BCUT2D eigenvalue weighted by Crippen LogP contribution is 2.36. The van der Waals surface area contributed by atoms with Crippen molar-refractivity contribution in [1.29, 1.82) is 0 Å². The van der Waals surface area contributed by atoms with Gasteiger partial charge in [0, 0.05) is 23.7 Å². The molecule has 2 aromatic carbocycles. The van der Waals surface area contributed by atoms with E-state index >= 15 is 0 Å². The molecule has 7 nitrogen and oxygen atoms in total. The largest absolute Gasteiger partial charge is 0.322 e. The standard InChI is InChI=1S/C28H34N6O/c1-19(2)26(27-30-31-32-34(27)17-21-9-5-4-6-10-21)33(24-11-7-8-12-24)18-23-16-22-15-20(3)13-14-25(22)29-28(23)35/h4-6,9-10,13-16,19,24,26H,7-8,11-12,17-18H2,1-3H3,(H,29,35)/t26-/m0/s1. The molecule has 5 rings (SSSR count). The van der Waals surface area contributed by atoms with Crippen molar-refractivity contribution in [2.45, 2.75) is 71.6 Å². The van der Waals surface area contributed by atoms with E-state index in [0.717, 1.165) is 40.7 Å². The lowest BCUT2D eigenvalue weighted by atomic mass is 9.97. The Hall–Kier alpha value is -3.32. The van der Waals surface area contributed by atoms with E-state index in [-0.39, 0.29) is 17.5 Å². The smallest absolute Gasteiger partial charge is 0.252 e. The van der Waals surface area contributed by atoms with E-state index < -0.39 is 0 Å². The van der Waals surface area contributed by atoms with Crippen molar-refractivity contribution in [2.24, 2.45) is 5.92 Å². The number of nitrogens with one attached hydrogen (secondary N) is 1. The number of hydrogen-bond donors (Lipinski definition) is 1. The second-order valence-corrected chi connectivity index (χ2v) is 10.2. The summed E-state index contributed by atoms with van der Waals surface area (Å²) in [7, 11) is 0. The van der Waals surface area contributed by atoms with Crippen molar-refractivity contribution in [3.63, 3.8) is 0 Å². The molecule has 2 heterocycles. The second-order valence-electron chi connectivity index (χ2n) is 10.2. The maximum atomic E-state index is 13.1. The molecule has 1 saturated carbocycles. The van der Waals surface area contributed by atoms with Gasteiger partial charge in [0.25, 0.3) is 5.56 Å². The number of H-pyrrole nitrogens is 1. The molecular weight excluding hydrogens is 436 g/mol. The first-order valence-electron chi connectivity index (χ1n) is 12.7. The van der Waals surface area contributed by atoms with E-state index in [1.807, 2.05) is 35.0 Å². The van der Waals surface area contributed by atoms with Crippen molar-refractivity contribution in [2.75, 3.05) is 0 Å². The van der Waals surface area contributed by atoms with Gasteiger partial charge in [0.05, 0.1) is 12.6 Å². The van der Waals surface area contributed by atoms with Crippen LogP contribution in [-0.4, -0.2) is 36.1 Å². The lowest BCUT2D eigenvalue weighted by Gasteiger charge is -2.38. The number of nitrogens with zero attached hydrogens (tertiary/aromatic N) is 5. The fraction of sp³-hybridized carbons (Fsp3) is 0.429. The summed E-state index contributed by atoms with van der Waals surface area (Å²) in [5, 5.41) is 14.0. The third kappa shape index (κ3) is 5.05. The van der Waals surface area contributed by atoms with Crippen LogP contribution < -0.4 is 5.56 Å². The molecule has 35 heavy (non-hydrogen) atoms. The van der Waals surface area contributed by atoms with Crippen molar-refractivity contribution in [3.05, 3.63) is 87.5 Å². The van der Waals surface area contributed by atoms with Crippen LogP contribution in [0.5, 0.6) is 0 Å². The first-order chi connectivity index (χ1) is 17.0. The summed E-state index contributed by atoms with van der Waals surface area (Å²) in [4.78, 5) is 18.7. The Morgan fingerprint density at radius 2 is 1.86 bits per heavy atom. The second kappa shape index (κ2) is 10.1. The number of hydrogen-bond acceptors (Lipinski definition) is 5. The van der Waals surface area contributed by atoms with Gasteiger partial charge in [-0.25, -0.2) is 4.68 Å². The highest BCUT2D eigenvalue weighted by Gasteiger charge is 2.35. The summed E-state index contributed by atoms with van der Waals surface area (Å²) in [6, 6.07) is 18.9. The summed E-state index contributed by atoms with van der Waals surface area (Å²) in [5.74, 6) is 1.14. The molecule has 0 spiro atoms. The maximum absolute atomic E-state index is 13.1. The highest BCUT2D eigenvalue weighted by atomic mass is 16.1. The van der Waals surface area contributed by atoms with Crippen LogP contribution in [0.2, 0.25) is 0 Å². The number of aryl methyl sites for hydroxylation is 1. The molecule has 0 aliphatic heterocycles. The molecule has 0 amide bonds. The molecule has 7 heteroatoms. The summed E-state index contributed by atoms with van der Waals surface area (Å²) in [6.45, 7) is 7.73. The molecule has 1 aliphatic carbocycles. The van der Waals surface area contributed by atoms with Crippen molar-refractivity contribution in [1.82, 2.24) is 30.1 Å². The SMILES string of the molecule is Cc1ccc2[nH]c(=O)c(CN(C3CCCC3)[C@H](c3nnnn3Cc3ccccc3)C(C)C)cc2c1. The summed E-state index contributed by atoms with van der Waals surface area (Å²) in [5.41, 5.74) is 4.00. The van der Waals surface area contributed by atoms with Gasteiger partial charge >= 0.3 is 0 Å². The van der Waals surface area contributed by atoms with Gasteiger partial charge in [0.2, 0.25) is 0 Å². The van der Waals surface area contributed by atoms with Crippen LogP contribution in [0.4, 0.5) is 0 Å². The van der Waals surface area contributed by atoms with Gasteiger partial charge in [-0.05, 0) is 65.3 Å². The molecule has 1 atom stereocenters. The third-order valence-electron chi connectivity index (χ3n) is 7.21. The topological polar surface area (TPSA) is 79.7 Å². The maximum Gasteiger partial charge on any atom is 0.252 e. The Labute approximate surface area is 206 Å². The van der Waals surface area contributed by atoms with Crippen LogP contribution in [0.25, 0.3) is 10.9 Å². The molecule has 182 valence electrons. The van der Waals surface area contributed by atoms with Gasteiger partial charge in [-0.2, -0.15) is 0 Å². The molecule has 1 fully saturated rings. The molecular formula is C28H34N6O. The van der Waals surface area contributed by atoms with Crippen molar-refractivity contribution >= 4 is 10.9 Å². The van der Waals surface area contributed by atoms with Crippen molar-refractivity contribution in [3.8, 4) is 0 Å². The van der Waals surface area contributed by atoms with Crippen LogP contribution in [0, 0.1) is 12.8 Å². The predicted molar refractivity (Wildman–Crippen MR) is 138 cm³/mol. The first kappa shape index (κ1) is 23.4. The van der Waals surface area contributed by atoms with E-state index in [1.54, 1.807) is 0 Å². The van der Waals surface area contributed by atoms with E-state index in [4.69, 9.17) is 0 Å². The van der Waals surface area contributed by atoms with E-state index in [2.05, 4.69) is 70.4 Å². The number of tetrazole rings is 1. The van der Waals surface area contributed by atoms with Crippen LogP contribution in [0.3, 0.4) is 0 Å². The summed E-state index contributed by atoms with van der Waals surface area (Å²) < 4.78 is 1.93. The Morgan fingerprint density at radius 3 is 2.60 bits per heavy atom. The average Bonchev–Trinajstić information content (AvgIpc) is 3.53. The zero-order valence-electron chi connectivity index (χ0n) is 20.8. The van der Waals surface area contributed by atoms with Crippen LogP contribution in [0.1, 0.15) is 68.1 Å². The lowest BCUT2D eigenvalue weighted by molar-refractivity contribution is 0.0844. The normalized spacial score (nSPS) is 15.5. The molecule has 1 aliphatic rings. The van der Waals surface area contributed by atoms with Gasteiger partial charge in [0.15, 0.2) is 5.82 Å². The summed E-state index contributed by atoms with van der Waals surface area (Å²) >= 11 is 0. The van der Waals surface area contributed by atoms with Gasteiger partial charge < -0.3 is 4.98 Å². The van der Waals surface area contributed by atoms with Crippen LogP contribution >= 0.6 is 0 Å². The zero-order valence-corrected chi connectivity index (χ0v) is 20.8. The molecule has 4 aromatic rings. The lowest BCUT2D eigenvalue weighted by Crippen LogP contribution is -2.41. The molecule has 0 bridgehead atoms. The van der Waals surface area contributed by atoms with Gasteiger partial charge in [-0.1, -0.05) is 68.7 Å². The van der Waals surface area contributed by atoms with E-state index in [0.29, 0.717) is 19.1 Å². The highest BCUT2D eigenvalue weighted by molar-refractivity contribution is 5.79. The Bertz CT molecular complexity index is 1340. The number of aromatic amines is 1. The third-order valence-corrected chi connectivity index (χ3v) is 7.21. The minimum absolute atomic E-state index is 0.00409. The van der Waals surface area contributed by atoms with Gasteiger partial charge in [0.1, 0.15) is 0 Å². The number of fused-ring (bicyclic) bond motifs is 1. The first-order valence-corrected chi connectivity index (χ1v) is 12.7. The minimum atomic E-state index is -0.0178. The number of aromatic nitrogens is 5. The summed E-state index contributed by atoms with van der Waals surface area (Å²) in [6.07, 6.45) is 4.70. The van der Waals surface area contributed by atoms with Crippen molar-refractivity contribution < 1.29 is 0 Å². The van der Waals surface area contributed by atoms with Gasteiger partial charge in [-0.3, -0.25) is 9.69 Å². The van der Waals surface area contributed by atoms with Crippen LogP contribution in [0.15, 0.2) is 59.4 Å². The minimum Gasteiger partial charge on any atom is -0.322 e. The molecule has 0 unspecified atom stereocenters. The number of benzene rings is 2. The number of pyridine rings is 1. The molecule has 2 aromatic heterocycles. The average molecular weight is 471 g/mol. The number of rotatable bonds is 8. The molecule has 1 N–H and O–H groups in total. The molecule has 0 saturated heterocycles. The monoisotopic (exact) mass is 470 g/mol. The quantitative estimate of drug-likeness (QED) is 0.391. The fourth-order valence-corrected chi connectivity index (χ4v) is 5.50. The predicted octanol–water partition coefficient (Wildman–Crippen LogP) is 5.01. The zero-order chi connectivity index (χ0) is 24.4. The Balaban J connectivity index is 1.53. The van der Waals surface area contributed by atoms with Gasteiger partial charge in [-0.15, -0.1) is 5.10 Å². The fourth-order valence-electron chi connectivity index (χ4n) is 5.50. The molecule has 0 radical (unpaired) electrons. The van der Waals surface area contributed by atoms with E-state index in [9.17, 15) is 4.79 Å². The van der Waals surface area contributed by atoms with Crippen LogP contribution in [-0.2, 0) is 13.1 Å². The Kier molecular flexibility index (Phi) is 6.77. The Morgan fingerprint density at radius 1 is 1.09 bits per heavy atom.